The van der Waals surface area contributed by atoms with Crippen LogP contribution in [-0.2, 0) is 23.6 Å². The summed E-state index contributed by atoms with van der Waals surface area (Å²) >= 11 is 0. The van der Waals surface area contributed by atoms with Gasteiger partial charge in [0, 0.05) is 0 Å². The van der Waals surface area contributed by atoms with Gasteiger partial charge >= 0.3 is 86.9 Å². The number of alkyl halides is 11. The van der Waals surface area contributed by atoms with Gasteiger partial charge in [0.2, 0.25) is 0 Å². The van der Waals surface area contributed by atoms with Gasteiger partial charge in [-0.1, -0.05) is 0 Å². The normalized spacial score (nSPS) is 29.6. The summed E-state index contributed by atoms with van der Waals surface area (Å²) in [6, 6.07) is 0. The van der Waals surface area contributed by atoms with Crippen molar-refractivity contribution in [2.24, 2.45) is 0 Å². The van der Waals surface area contributed by atoms with Crippen LogP contribution in [0.3, 0.4) is 0 Å². The number of hydrogen-bond donors (Lipinski definition) is 0. The average molecular weight is 400 g/mol. The SMILES string of the molecule is O=[S-](=O)OC1(F)C(F)(F)C(F)(F)C(F)(F)C(F)(F)C1(F)F.[K+]. The van der Waals surface area contributed by atoms with Crippen molar-refractivity contribution in [1.29, 1.82) is 0 Å². The van der Waals surface area contributed by atoms with Crippen molar-refractivity contribution in [3.05, 3.63) is 0 Å². The zero-order chi connectivity index (χ0) is 17.3. The molecule has 22 heavy (non-hydrogen) atoms. The Morgan fingerprint density at radius 3 is 1.00 bits per heavy atom. The molecule has 1 aliphatic rings. The van der Waals surface area contributed by atoms with Gasteiger partial charge in [-0.15, -0.1) is 0 Å². The van der Waals surface area contributed by atoms with Gasteiger partial charge in [0.05, 0.1) is 11.0 Å². The summed E-state index contributed by atoms with van der Waals surface area (Å²) < 4.78 is 163. The zero-order valence-corrected chi connectivity index (χ0v) is 13.7. The van der Waals surface area contributed by atoms with E-state index in [0.717, 1.165) is 0 Å². The minimum atomic E-state index is -7.41. The molecule has 0 aromatic carbocycles. The molecular weight excluding hydrogens is 400 g/mol. The molecule has 0 aromatic rings. The van der Waals surface area contributed by atoms with Gasteiger partial charge in [0.15, 0.2) is 0 Å². The molecule has 0 atom stereocenters. The second kappa shape index (κ2) is 5.65. The molecule has 16 heteroatoms. The molecule has 0 N–H and O–H groups in total. The Morgan fingerprint density at radius 1 is 0.545 bits per heavy atom. The van der Waals surface area contributed by atoms with E-state index in [1.807, 2.05) is 0 Å². The van der Waals surface area contributed by atoms with Crippen LogP contribution < -0.4 is 51.4 Å². The second-order valence-electron chi connectivity index (χ2n) is 3.75. The number of halogens is 11. The van der Waals surface area contributed by atoms with Crippen molar-refractivity contribution in [3.63, 3.8) is 0 Å². The molecule has 0 aliphatic heterocycles. The standard InChI is InChI=1S/C6F11O3S.K/c7-1(8)2(9,10)4(13,14)6(17,20-21(18)19)5(15,16)3(1,11)12;/q-1;+1. The predicted molar refractivity (Wildman–Crippen MR) is 38.4 cm³/mol. The minimum absolute atomic E-state index is 0. The smallest absolute Gasteiger partial charge is 0.397 e. The Labute approximate surface area is 157 Å². The van der Waals surface area contributed by atoms with E-state index in [2.05, 4.69) is 4.18 Å². The molecule has 1 rings (SSSR count). The van der Waals surface area contributed by atoms with E-state index in [-0.39, 0.29) is 51.4 Å². The summed E-state index contributed by atoms with van der Waals surface area (Å²) in [6.45, 7) is 0. The molecule has 0 unspecified atom stereocenters. The molecule has 1 aliphatic carbocycles. The van der Waals surface area contributed by atoms with Gasteiger partial charge in [-0.25, -0.2) is 0 Å². The first-order valence-electron chi connectivity index (χ1n) is 4.28. The first-order chi connectivity index (χ1) is 8.92. The Morgan fingerprint density at radius 2 is 0.773 bits per heavy atom. The molecule has 0 amide bonds. The molecular formula is C6F11KO3S. The molecule has 0 bridgehead atoms. The number of rotatable bonds is 2. The molecule has 1 fully saturated rings. The molecule has 0 saturated heterocycles. The van der Waals surface area contributed by atoms with Crippen LogP contribution in [0, 0.1) is 0 Å². The van der Waals surface area contributed by atoms with Crippen LogP contribution in [0.5, 0.6) is 0 Å². The summed E-state index contributed by atoms with van der Waals surface area (Å²) in [7, 11) is -4.78. The average Bonchev–Trinajstić information content (AvgIpc) is 2.25. The topological polar surface area (TPSA) is 43.4 Å². The third kappa shape index (κ3) is 2.27. The molecule has 0 heterocycles. The van der Waals surface area contributed by atoms with E-state index in [1.165, 1.54) is 0 Å². The van der Waals surface area contributed by atoms with E-state index in [0.29, 0.717) is 0 Å². The summed E-state index contributed by atoms with van der Waals surface area (Å²) in [6.07, 6.45) is 0. The van der Waals surface area contributed by atoms with E-state index < -0.39 is 46.5 Å². The predicted octanol–water partition coefficient (Wildman–Crippen LogP) is 0.0872. The van der Waals surface area contributed by atoms with Crippen LogP contribution >= 0.6 is 0 Å². The third-order valence-electron chi connectivity index (χ3n) is 2.57. The van der Waals surface area contributed by atoms with Crippen molar-refractivity contribution >= 4 is 11.0 Å². The van der Waals surface area contributed by atoms with E-state index in [9.17, 15) is 56.7 Å². The molecule has 0 radical (unpaired) electrons. The van der Waals surface area contributed by atoms with Gasteiger partial charge in [0.1, 0.15) is 0 Å². The van der Waals surface area contributed by atoms with Crippen LogP contribution in [-0.4, -0.2) is 35.5 Å². The third-order valence-corrected chi connectivity index (χ3v) is 2.93. The molecule has 0 aromatic heterocycles. The fraction of sp³-hybridized carbons (Fsp3) is 1.00. The summed E-state index contributed by atoms with van der Waals surface area (Å²) in [4.78, 5) is 0. The van der Waals surface area contributed by atoms with Gasteiger partial charge < -0.3 is 12.6 Å². The first-order valence-corrected chi connectivity index (χ1v) is 5.28. The summed E-state index contributed by atoms with van der Waals surface area (Å²) in [5.74, 6) is -43.8. The Kier molecular flexibility index (Phi) is 5.85. The second-order valence-corrected chi connectivity index (χ2v) is 4.33. The summed E-state index contributed by atoms with van der Waals surface area (Å²) in [5.41, 5.74) is 0. The van der Waals surface area contributed by atoms with Crippen molar-refractivity contribution < 1.29 is 112 Å². The van der Waals surface area contributed by atoms with Crippen molar-refractivity contribution in [3.8, 4) is 0 Å². The maximum absolute atomic E-state index is 13.3. The van der Waals surface area contributed by atoms with Crippen molar-refractivity contribution in [2.45, 2.75) is 35.5 Å². The van der Waals surface area contributed by atoms with Gasteiger partial charge in [-0.2, -0.15) is 48.3 Å². The largest absolute Gasteiger partial charge is 1.00 e. The van der Waals surface area contributed by atoms with Crippen LogP contribution in [0.4, 0.5) is 48.3 Å². The minimum Gasteiger partial charge on any atom is -0.397 e. The monoisotopic (exact) mass is 400 g/mol. The van der Waals surface area contributed by atoms with E-state index in [4.69, 9.17) is 0 Å². The fourth-order valence-electron chi connectivity index (χ4n) is 1.39. The van der Waals surface area contributed by atoms with Crippen LogP contribution in [0.1, 0.15) is 0 Å². The summed E-state index contributed by atoms with van der Waals surface area (Å²) in [5, 5.41) is 0. The maximum atomic E-state index is 13.3. The zero-order valence-electron chi connectivity index (χ0n) is 9.79. The quantitative estimate of drug-likeness (QED) is 0.375. The van der Waals surface area contributed by atoms with Crippen LogP contribution in [0.15, 0.2) is 0 Å². The van der Waals surface area contributed by atoms with Crippen molar-refractivity contribution in [1.82, 2.24) is 0 Å². The van der Waals surface area contributed by atoms with E-state index in [1.54, 1.807) is 0 Å². The molecule has 0 spiro atoms. The van der Waals surface area contributed by atoms with Crippen LogP contribution in [0.25, 0.3) is 0 Å². The van der Waals surface area contributed by atoms with Gasteiger partial charge in [-0.3, -0.25) is 0 Å². The maximum Gasteiger partial charge on any atom is 1.00 e. The first kappa shape index (κ1) is 22.8. The molecule has 1 saturated carbocycles. The Hall–Kier alpha value is 0.776. The van der Waals surface area contributed by atoms with Gasteiger partial charge in [0.25, 0.3) is 0 Å². The van der Waals surface area contributed by atoms with Crippen molar-refractivity contribution in [2.75, 3.05) is 0 Å². The number of hydrogen-bond acceptors (Lipinski definition) is 4. The Balaban J connectivity index is 0.00000441. The fourth-order valence-corrected chi connectivity index (χ4v) is 1.79. The molecule has 3 nitrogen and oxygen atoms in total. The van der Waals surface area contributed by atoms with Gasteiger partial charge in [-0.05, 0) is 0 Å². The van der Waals surface area contributed by atoms with E-state index >= 15 is 0 Å². The van der Waals surface area contributed by atoms with Crippen LogP contribution in [0.2, 0.25) is 0 Å². The Bertz CT molecular complexity index is 492. The molecule has 126 valence electrons.